The van der Waals surface area contributed by atoms with E-state index in [1.54, 1.807) is 36.0 Å². The predicted octanol–water partition coefficient (Wildman–Crippen LogP) is 6.16. The fraction of sp³-hybridized carbons (Fsp3) is 0.160. The molecule has 0 atom stereocenters. The summed E-state index contributed by atoms with van der Waals surface area (Å²) in [6.07, 6.45) is 1.63. The van der Waals surface area contributed by atoms with Crippen molar-refractivity contribution in [3.63, 3.8) is 0 Å². The number of rotatable bonds is 1. The lowest BCUT2D eigenvalue weighted by Gasteiger charge is -2.07. The SMILES string of the molecule is [2H]C([2H])([2H])c1ccc(-c2c3oc4c5ccccc5ccc4c3c(C([2H])([2H])[2H])c[n+]2C)c(C)c1. The van der Waals surface area contributed by atoms with E-state index in [0.717, 1.165) is 27.3 Å². The van der Waals surface area contributed by atoms with E-state index in [0.29, 0.717) is 22.2 Å². The van der Waals surface area contributed by atoms with E-state index in [1.807, 2.05) is 43.3 Å². The smallest absolute Gasteiger partial charge is 0.256 e. The van der Waals surface area contributed by atoms with Gasteiger partial charge < -0.3 is 4.42 Å². The first kappa shape index (κ1) is 10.9. The lowest BCUT2D eigenvalue weighted by Crippen LogP contribution is -2.31. The van der Waals surface area contributed by atoms with E-state index in [2.05, 4.69) is 0 Å². The molecule has 0 radical (unpaired) electrons. The molecule has 2 aromatic heterocycles. The van der Waals surface area contributed by atoms with E-state index in [9.17, 15) is 0 Å². The van der Waals surface area contributed by atoms with Crippen molar-refractivity contribution in [1.82, 2.24) is 0 Å². The Balaban J connectivity index is 1.93. The molecule has 0 aliphatic carbocycles. The van der Waals surface area contributed by atoms with Gasteiger partial charge in [0.05, 0.1) is 5.56 Å². The van der Waals surface area contributed by atoms with Crippen LogP contribution in [0.25, 0.3) is 44.0 Å². The zero-order chi connectivity index (χ0) is 23.7. The average molecular weight is 358 g/mol. The minimum Gasteiger partial charge on any atom is -0.448 e. The van der Waals surface area contributed by atoms with Crippen LogP contribution in [0.3, 0.4) is 0 Å². The van der Waals surface area contributed by atoms with Crippen LogP contribution in [0.5, 0.6) is 0 Å². The normalized spacial score (nSPS) is 15.9. The van der Waals surface area contributed by atoms with Crippen LogP contribution in [0.15, 0.2) is 65.2 Å². The van der Waals surface area contributed by atoms with E-state index < -0.39 is 13.7 Å². The zero-order valence-corrected chi connectivity index (χ0v) is 15.1. The van der Waals surface area contributed by atoms with Crippen LogP contribution in [-0.4, -0.2) is 0 Å². The van der Waals surface area contributed by atoms with Crippen molar-refractivity contribution in [2.24, 2.45) is 7.05 Å². The number of furan rings is 1. The van der Waals surface area contributed by atoms with Crippen molar-refractivity contribution in [1.29, 1.82) is 0 Å². The van der Waals surface area contributed by atoms with Crippen molar-refractivity contribution < 1.29 is 17.2 Å². The Morgan fingerprint density at radius 3 is 2.59 bits per heavy atom. The maximum Gasteiger partial charge on any atom is 0.256 e. The molecule has 2 nitrogen and oxygen atoms in total. The molecule has 3 aromatic carbocycles. The summed E-state index contributed by atoms with van der Waals surface area (Å²) in [5.74, 6) is 0. The van der Waals surface area contributed by atoms with Crippen molar-refractivity contribution in [2.45, 2.75) is 20.6 Å². The molecule has 0 bridgehead atoms. The summed E-state index contributed by atoms with van der Waals surface area (Å²) in [6, 6.07) is 16.7. The molecule has 2 heteroatoms. The minimum absolute atomic E-state index is 0.217. The van der Waals surface area contributed by atoms with E-state index in [1.165, 1.54) is 0 Å². The Morgan fingerprint density at radius 1 is 0.889 bits per heavy atom. The summed E-state index contributed by atoms with van der Waals surface area (Å²) in [4.78, 5) is 0. The third-order valence-corrected chi connectivity index (χ3v) is 5.22. The molecule has 5 aromatic rings. The summed E-state index contributed by atoms with van der Waals surface area (Å²) in [5, 5.41) is 3.21. The van der Waals surface area contributed by atoms with Gasteiger partial charge in [-0.05, 0) is 43.7 Å². The quantitative estimate of drug-likeness (QED) is 0.328. The molecule has 0 aliphatic rings. The van der Waals surface area contributed by atoms with Crippen LogP contribution < -0.4 is 4.57 Å². The van der Waals surface area contributed by atoms with Crippen molar-refractivity contribution >= 4 is 32.7 Å². The van der Waals surface area contributed by atoms with Gasteiger partial charge in [-0.1, -0.05) is 48.0 Å². The molecular formula is C25H22NO+. The minimum atomic E-state index is -2.34. The molecular weight excluding hydrogens is 330 g/mol. The molecule has 0 unspecified atom stereocenters. The van der Waals surface area contributed by atoms with Gasteiger partial charge in [0.25, 0.3) is 5.69 Å². The second-order valence-electron chi connectivity index (χ2n) is 7.00. The first-order valence-corrected chi connectivity index (χ1v) is 8.85. The molecule has 2 heterocycles. The molecule has 0 aliphatic heterocycles. The fourth-order valence-corrected chi connectivity index (χ4v) is 3.98. The third kappa shape index (κ3) is 2.30. The van der Waals surface area contributed by atoms with Gasteiger partial charge in [0, 0.05) is 29.9 Å². The zero-order valence-electron chi connectivity index (χ0n) is 21.1. The number of pyridine rings is 1. The lowest BCUT2D eigenvalue weighted by atomic mass is 9.99. The summed E-state index contributed by atoms with van der Waals surface area (Å²) in [6.45, 7) is -2.69. The Labute approximate surface area is 167 Å². The van der Waals surface area contributed by atoms with Gasteiger partial charge in [-0.15, -0.1) is 0 Å². The molecule has 0 saturated heterocycles. The van der Waals surface area contributed by atoms with Crippen molar-refractivity contribution in [3.8, 4) is 11.3 Å². The standard InChI is InChI=1S/C25H22NO/c1-15-9-11-19(16(2)13-15)23-25-22(17(3)14-26(23)4)21-12-10-18-7-5-6-8-20(18)24(21)27-25/h5-14H,1-4H3/q+1/i1D3,3D3. The molecule has 0 spiro atoms. The van der Waals surface area contributed by atoms with Crippen LogP contribution in [0, 0.1) is 20.6 Å². The highest BCUT2D eigenvalue weighted by Gasteiger charge is 2.24. The molecule has 0 amide bonds. The maximum absolute atomic E-state index is 8.16. The van der Waals surface area contributed by atoms with Crippen LogP contribution in [0.4, 0.5) is 0 Å². The molecule has 132 valence electrons. The van der Waals surface area contributed by atoms with Crippen LogP contribution in [0.2, 0.25) is 0 Å². The number of hydrogen-bond acceptors (Lipinski definition) is 1. The molecule has 0 saturated carbocycles. The number of benzene rings is 3. The Hall–Kier alpha value is -3.13. The average Bonchev–Trinajstić information content (AvgIpc) is 3.12. The van der Waals surface area contributed by atoms with Gasteiger partial charge in [-0.2, -0.15) is 4.57 Å². The molecule has 0 N–H and O–H groups in total. The number of nitrogens with zero attached hydrogens (tertiary/aromatic N) is 1. The van der Waals surface area contributed by atoms with Gasteiger partial charge in [-0.25, -0.2) is 0 Å². The predicted molar refractivity (Wildman–Crippen MR) is 112 cm³/mol. The summed E-state index contributed by atoms with van der Waals surface area (Å²) in [7, 11) is 1.78. The largest absolute Gasteiger partial charge is 0.448 e. The molecule has 27 heavy (non-hydrogen) atoms. The highest BCUT2D eigenvalue weighted by atomic mass is 16.3. The Morgan fingerprint density at radius 2 is 1.78 bits per heavy atom. The second-order valence-corrected chi connectivity index (χ2v) is 7.00. The maximum atomic E-state index is 8.16. The first-order valence-electron chi connectivity index (χ1n) is 11.9. The topological polar surface area (TPSA) is 17.0 Å². The van der Waals surface area contributed by atoms with E-state index in [4.69, 9.17) is 12.6 Å². The number of hydrogen-bond donors (Lipinski definition) is 0. The van der Waals surface area contributed by atoms with Crippen LogP contribution >= 0.6 is 0 Å². The number of aryl methyl sites for hydroxylation is 4. The van der Waals surface area contributed by atoms with Crippen molar-refractivity contribution in [2.75, 3.05) is 0 Å². The van der Waals surface area contributed by atoms with Crippen molar-refractivity contribution in [3.05, 3.63) is 77.5 Å². The van der Waals surface area contributed by atoms with Gasteiger partial charge in [0.15, 0.2) is 6.20 Å². The van der Waals surface area contributed by atoms with Crippen LogP contribution in [0.1, 0.15) is 24.9 Å². The van der Waals surface area contributed by atoms with Gasteiger partial charge in [0.2, 0.25) is 5.58 Å². The summed E-state index contributed by atoms with van der Waals surface area (Å²) < 4.78 is 55.8. The van der Waals surface area contributed by atoms with Crippen LogP contribution in [-0.2, 0) is 7.05 Å². The van der Waals surface area contributed by atoms with Gasteiger partial charge in [0.1, 0.15) is 12.6 Å². The van der Waals surface area contributed by atoms with E-state index in [-0.39, 0.29) is 11.1 Å². The fourth-order valence-electron chi connectivity index (χ4n) is 3.98. The number of fused-ring (bicyclic) bond motifs is 5. The Kier molecular flexibility index (Phi) is 2.29. The first-order chi connectivity index (χ1) is 15.5. The third-order valence-electron chi connectivity index (χ3n) is 5.22. The lowest BCUT2D eigenvalue weighted by molar-refractivity contribution is -0.659. The summed E-state index contributed by atoms with van der Waals surface area (Å²) >= 11 is 0. The molecule has 5 rings (SSSR count). The van der Waals surface area contributed by atoms with Gasteiger partial charge in [-0.3, -0.25) is 0 Å². The summed E-state index contributed by atoms with van der Waals surface area (Å²) in [5.41, 5.74) is 3.85. The highest BCUT2D eigenvalue weighted by Crippen LogP contribution is 2.39. The number of aromatic nitrogens is 1. The highest BCUT2D eigenvalue weighted by molar-refractivity contribution is 6.17. The monoisotopic (exact) mass is 358 g/mol. The Bertz CT molecular complexity index is 1560. The van der Waals surface area contributed by atoms with Gasteiger partial charge >= 0.3 is 0 Å². The molecule has 0 fully saturated rings. The second kappa shape index (κ2) is 5.68. The van der Waals surface area contributed by atoms with E-state index >= 15 is 0 Å².